The van der Waals surface area contributed by atoms with Gasteiger partial charge in [-0.15, -0.1) is 10.2 Å². The van der Waals surface area contributed by atoms with Crippen LogP contribution in [0.5, 0.6) is 5.75 Å². The predicted octanol–water partition coefficient (Wildman–Crippen LogP) is 1.78. The van der Waals surface area contributed by atoms with Crippen molar-refractivity contribution in [3.63, 3.8) is 0 Å². The van der Waals surface area contributed by atoms with Crippen molar-refractivity contribution in [3.8, 4) is 5.75 Å². The van der Waals surface area contributed by atoms with Crippen LogP contribution in [0.25, 0.3) is 0 Å². The zero-order valence-electron chi connectivity index (χ0n) is 15.0. The van der Waals surface area contributed by atoms with E-state index in [1.165, 1.54) is 0 Å². The summed E-state index contributed by atoms with van der Waals surface area (Å²) >= 11 is 0. The zero-order chi connectivity index (χ0) is 18.1. The van der Waals surface area contributed by atoms with Gasteiger partial charge in [-0.2, -0.15) is 0 Å². The average Bonchev–Trinajstić information content (AvgIpc) is 2.64. The first-order chi connectivity index (χ1) is 12.1. The van der Waals surface area contributed by atoms with Crippen molar-refractivity contribution in [3.05, 3.63) is 47.7 Å². The maximum Gasteiger partial charge on any atom is 0.272 e. The summed E-state index contributed by atoms with van der Waals surface area (Å²) in [6.45, 7) is 2.19. The smallest absolute Gasteiger partial charge is 0.272 e. The van der Waals surface area contributed by atoms with Crippen LogP contribution in [0.1, 0.15) is 22.5 Å². The molecule has 2 rings (SSSR count). The number of hydrogen-bond acceptors (Lipinski definition) is 6. The number of amides is 1. The lowest BCUT2D eigenvalue weighted by Gasteiger charge is -2.10. The molecule has 0 fully saturated rings. The Labute approximate surface area is 148 Å². The average molecular weight is 343 g/mol. The topological polar surface area (TPSA) is 79.4 Å². The largest absolute Gasteiger partial charge is 0.496 e. The lowest BCUT2D eigenvalue weighted by Crippen LogP contribution is -2.24. The van der Waals surface area contributed by atoms with Crippen molar-refractivity contribution in [2.24, 2.45) is 0 Å². The van der Waals surface area contributed by atoms with Crippen molar-refractivity contribution >= 4 is 11.7 Å². The Bertz CT molecular complexity index is 673. The Kier molecular flexibility index (Phi) is 7.16. The van der Waals surface area contributed by atoms with Gasteiger partial charge in [-0.05, 0) is 45.3 Å². The van der Waals surface area contributed by atoms with Crippen LogP contribution in [0.15, 0.2) is 36.4 Å². The Balaban J connectivity index is 1.83. The number of methoxy groups -OCH3 is 1. The van der Waals surface area contributed by atoms with Crippen LogP contribution in [0.4, 0.5) is 5.82 Å². The molecule has 2 aromatic rings. The minimum absolute atomic E-state index is 0.266. The summed E-state index contributed by atoms with van der Waals surface area (Å²) in [5.41, 5.74) is 1.19. The van der Waals surface area contributed by atoms with E-state index in [4.69, 9.17) is 4.74 Å². The van der Waals surface area contributed by atoms with Crippen molar-refractivity contribution in [2.75, 3.05) is 39.6 Å². The summed E-state index contributed by atoms with van der Waals surface area (Å²) in [5, 5.41) is 14.0. The van der Waals surface area contributed by atoms with Crippen molar-refractivity contribution in [1.29, 1.82) is 0 Å². The van der Waals surface area contributed by atoms with Gasteiger partial charge in [-0.3, -0.25) is 4.79 Å². The van der Waals surface area contributed by atoms with E-state index < -0.39 is 0 Å². The normalized spacial score (nSPS) is 10.6. The minimum atomic E-state index is -0.266. The van der Waals surface area contributed by atoms with E-state index in [9.17, 15) is 4.79 Å². The highest BCUT2D eigenvalue weighted by Crippen LogP contribution is 2.16. The van der Waals surface area contributed by atoms with Crippen LogP contribution >= 0.6 is 0 Å². The quantitative estimate of drug-likeness (QED) is 0.676. The van der Waals surface area contributed by atoms with E-state index in [-0.39, 0.29) is 11.6 Å². The van der Waals surface area contributed by atoms with Crippen LogP contribution in [0.2, 0.25) is 0 Å². The lowest BCUT2D eigenvalue weighted by molar-refractivity contribution is 0.0944. The molecule has 0 radical (unpaired) electrons. The molecule has 134 valence electrons. The molecule has 0 aliphatic heterocycles. The second kappa shape index (κ2) is 9.58. The standard InChI is InChI=1S/C18H25N5O2/c1-23(2)12-6-11-19-17-10-9-15(21-22-17)18(24)20-13-14-7-4-5-8-16(14)25-3/h4-5,7-10H,6,11-13H2,1-3H3,(H,19,22)(H,20,24). The van der Waals surface area contributed by atoms with Gasteiger partial charge in [0.15, 0.2) is 5.69 Å². The summed E-state index contributed by atoms with van der Waals surface area (Å²) in [6, 6.07) is 11.0. The summed E-state index contributed by atoms with van der Waals surface area (Å²) < 4.78 is 5.27. The van der Waals surface area contributed by atoms with E-state index >= 15 is 0 Å². The van der Waals surface area contributed by atoms with Gasteiger partial charge in [-0.25, -0.2) is 0 Å². The number of nitrogens with one attached hydrogen (secondary N) is 2. The van der Waals surface area contributed by atoms with E-state index in [1.807, 2.05) is 38.4 Å². The summed E-state index contributed by atoms with van der Waals surface area (Å²) in [6.07, 6.45) is 1.01. The Morgan fingerprint density at radius 2 is 1.96 bits per heavy atom. The molecule has 7 heteroatoms. The number of anilines is 1. The van der Waals surface area contributed by atoms with E-state index in [2.05, 4.69) is 25.7 Å². The molecule has 7 nitrogen and oxygen atoms in total. The Hall–Kier alpha value is -2.67. The predicted molar refractivity (Wildman–Crippen MR) is 97.9 cm³/mol. The number of carbonyl (C=O) groups excluding carboxylic acids is 1. The molecule has 1 aromatic heterocycles. The molecule has 0 saturated carbocycles. The minimum Gasteiger partial charge on any atom is -0.496 e. The molecule has 1 heterocycles. The Morgan fingerprint density at radius 3 is 2.64 bits per heavy atom. The fourth-order valence-corrected chi connectivity index (χ4v) is 2.27. The zero-order valence-corrected chi connectivity index (χ0v) is 15.0. The summed E-state index contributed by atoms with van der Waals surface area (Å²) in [7, 11) is 5.69. The van der Waals surface area contributed by atoms with Crippen LogP contribution < -0.4 is 15.4 Å². The number of benzene rings is 1. The molecule has 0 saturated heterocycles. The number of nitrogens with zero attached hydrogens (tertiary/aromatic N) is 3. The highest BCUT2D eigenvalue weighted by atomic mass is 16.5. The lowest BCUT2D eigenvalue weighted by atomic mass is 10.2. The molecule has 1 amide bonds. The summed E-state index contributed by atoms with van der Waals surface area (Å²) in [4.78, 5) is 14.3. The van der Waals surface area contributed by atoms with E-state index in [0.717, 1.165) is 30.8 Å². The summed E-state index contributed by atoms with van der Waals surface area (Å²) in [5.74, 6) is 1.14. The molecule has 0 aliphatic rings. The molecular weight excluding hydrogens is 318 g/mol. The third kappa shape index (κ3) is 6.04. The fourth-order valence-electron chi connectivity index (χ4n) is 2.27. The SMILES string of the molecule is COc1ccccc1CNC(=O)c1ccc(NCCCN(C)C)nn1. The third-order valence-electron chi connectivity index (χ3n) is 3.62. The molecule has 25 heavy (non-hydrogen) atoms. The first kappa shape index (κ1) is 18.7. The number of aromatic nitrogens is 2. The maximum absolute atomic E-state index is 12.2. The number of hydrogen-bond donors (Lipinski definition) is 2. The monoisotopic (exact) mass is 343 g/mol. The second-order valence-corrected chi connectivity index (χ2v) is 5.88. The second-order valence-electron chi connectivity index (χ2n) is 5.88. The molecule has 0 bridgehead atoms. The van der Waals surface area contributed by atoms with Crippen molar-refractivity contribution < 1.29 is 9.53 Å². The van der Waals surface area contributed by atoms with E-state index in [0.29, 0.717) is 12.4 Å². The van der Waals surface area contributed by atoms with Gasteiger partial charge in [0.1, 0.15) is 11.6 Å². The van der Waals surface area contributed by atoms with Crippen molar-refractivity contribution in [1.82, 2.24) is 20.4 Å². The van der Waals surface area contributed by atoms with Gasteiger partial charge in [0, 0.05) is 18.7 Å². The highest BCUT2D eigenvalue weighted by Gasteiger charge is 2.09. The van der Waals surface area contributed by atoms with Gasteiger partial charge in [-0.1, -0.05) is 18.2 Å². The third-order valence-corrected chi connectivity index (χ3v) is 3.62. The first-order valence-electron chi connectivity index (χ1n) is 8.22. The van der Waals surface area contributed by atoms with Crippen molar-refractivity contribution in [2.45, 2.75) is 13.0 Å². The van der Waals surface area contributed by atoms with Gasteiger partial charge in [0.05, 0.1) is 7.11 Å². The Morgan fingerprint density at radius 1 is 1.16 bits per heavy atom. The van der Waals surface area contributed by atoms with Crippen LogP contribution in [-0.4, -0.2) is 55.3 Å². The molecular formula is C18H25N5O2. The number of carbonyl (C=O) groups is 1. The highest BCUT2D eigenvalue weighted by molar-refractivity contribution is 5.92. The number of rotatable bonds is 9. The molecule has 0 spiro atoms. The first-order valence-corrected chi connectivity index (χ1v) is 8.22. The maximum atomic E-state index is 12.2. The van der Waals surface area contributed by atoms with Gasteiger partial charge in [0.25, 0.3) is 5.91 Å². The molecule has 1 aromatic carbocycles. The molecule has 2 N–H and O–H groups in total. The van der Waals surface area contributed by atoms with Gasteiger partial charge >= 0.3 is 0 Å². The number of para-hydroxylation sites is 1. The molecule has 0 unspecified atom stereocenters. The van der Waals surface area contributed by atoms with E-state index in [1.54, 1.807) is 19.2 Å². The van der Waals surface area contributed by atoms with Gasteiger partial charge < -0.3 is 20.3 Å². The van der Waals surface area contributed by atoms with Gasteiger partial charge in [0.2, 0.25) is 0 Å². The van der Waals surface area contributed by atoms with Crippen LogP contribution in [0, 0.1) is 0 Å². The van der Waals surface area contributed by atoms with Crippen LogP contribution in [0.3, 0.4) is 0 Å². The van der Waals surface area contributed by atoms with Crippen LogP contribution in [-0.2, 0) is 6.54 Å². The molecule has 0 atom stereocenters. The number of ether oxygens (including phenoxy) is 1. The fraction of sp³-hybridized carbons (Fsp3) is 0.389. The molecule has 0 aliphatic carbocycles.